The predicted octanol–water partition coefficient (Wildman–Crippen LogP) is 5.38. The number of rotatable bonds is 5. The number of hydrogen-bond acceptors (Lipinski definition) is 4. The number of amides is 3. The van der Waals surface area contributed by atoms with Gasteiger partial charge >= 0.3 is 6.03 Å². The van der Waals surface area contributed by atoms with Crippen molar-refractivity contribution >= 4 is 22.8 Å². The van der Waals surface area contributed by atoms with Crippen LogP contribution in [0.15, 0.2) is 42.5 Å². The summed E-state index contributed by atoms with van der Waals surface area (Å²) in [6, 6.07) is 12.0. The second kappa shape index (κ2) is 8.04. The smallest absolute Gasteiger partial charge is 0.328 e. The lowest BCUT2D eigenvalue weighted by Gasteiger charge is -2.42. The summed E-state index contributed by atoms with van der Waals surface area (Å²) < 4.78 is 5.46. The minimum Gasteiger partial charge on any atom is -0.508 e. The number of aromatic nitrogens is 1. The Morgan fingerprint density at radius 3 is 2.63 bits per heavy atom. The maximum Gasteiger partial charge on any atom is 0.328 e. The number of nitrogens with one attached hydrogen (secondary N) is 1. The number of methoxy groups -OCH3 is 1. The van der Waals surface area contributed by atoms with Crippen molar-refractivity contribution in [3.8, 4) is 11.5 Å². The SMILES string of the molecule is COc1ccc2[nH]c3c(c2c1)C[C@@]1(C)C(=O)N(CCCC(C)(C)C)C(=O)N1[C@@H]3c1cccc(O)c1. The fourth-order valence-electron chi connectivity index (χ4n) is 5.63. The molecule has 2 aliphatic heterocycles. The molecule has 3 aromatic rings. The molecule has 0 aliphatic carbocycles. The molecule has 3 amide bonds. The second-order valence-corrected chi connectivity index (χ2v) is 11.2. The first kappa shape index (κ1) is 23.3. The van der Waals surface area contributed by atoms with Crippen molar-refractivity contribution in [3.05, 3.63) is 59.3 Å². The first-order valence-electron chi connectivity index (χ1n) is 12.2. The van der Waals surface area contributed by atoms with Crippen LogP contribution in [0, 0.1) is 5.41 Å². The van der Waals surface area contributed by atoms with Crippen LogP contribution in [0.5, 0.6) is 11.5 Å². The first-order chi connectivity index (χ1) is 16.5. The van der Waals surface area contributed by atoms with E-state index in [0.29, 0.717) is 13.0 Å². The van der Waals surface area contributed by atoms with Crippen LogP contribution in [-0.4, -0.2) is 51.0 Å². The highest BCUT2D eigenvalue weighted by molar-refractivity contribution is 6.08. The average Bonchev–Trinajstić information content (AvgIpc) is 3.24. The van der Waals surface area contributed by atoms with Crippen molar-refractivity contribution in [3.63, 3.8) is 0 Å². The lowest BCUT2D eigenvalue weighted by molar-refractivity contribution is -0.133. The second-order valence-electron chi connectivity index (χ2n) is 11.2. The van der Waals surface area contributed by atoms with Crippen LogP contribution in [0.4, 0.5) is 4.79 Å². The van der Waals surface area contributed by atoms with Crippen LogP contribution in [-0.2, 0) is 11.2 Å². The molecule has 0 saturated carbocycles. The number of phenolic OH excluding ortho intramolecular Hbond substituents is 1. The Bertz CT molecular complexity index is 1320. The van der Waals surface area contributed by atoms with E-state index in [1.165, 1.54) is 4.90 Å². The van der Waals surface area contributed by atoms with Gasteiger partial charge in [0.15, 0.2) is 0 Å². The fraction of sp³-hybridized carbons (Fsp3) is 0.429. The Hall–Kier alpha value is -3.48. The van der Waals surface area contributed by atoms with Gasteiger partial charge in [0.2, 0.25) is 0 Å². The molecule has 0 radical (unpaired) electrons. The van der Waals surface area contributed by atoms with Crippen LogP contribution >= 0.6 is 0 Å². The summed E-state index contributed by atoms with van der Waals surface area (Å²) in [7, 11) is 1.63. The van der Waals surface area contributed by atoms with Crippen LogP contribution in [0.25, 0.3) is 10.9 Å². The minimum atomic E-state index is -1.03. The molecule has 35 heavy (non-hydrogen) atoms. The maximum atomic E-state index is 13.8. The summed E-state index contributed by atoms with van der Waals surface area (Å²) in [6.45, 7) is 8.75. The van der Waals surface area contributed by atoms with Gasteiger partial charge in [-0.1, -0.05) is 32.9 Å². The van der Waals surface area contributed by atoms with E-state index in [0.717, 1.165) is 46.3 Å². The van der Waals surface area contributed by atoms with Crippen molar-refractivity contribution < 1.29 is 19.4 Å². The van der Waals surface area contributed by atoms with Gasteiger partial charge < -0.3 is 14.8 Å². The quantitative estimate of drug-likeness (QED) is 0.486. The zero-order chi connectivity index (χ0) is 25.1. The molecule has 2 aliphatic rings. The molecule has 1 fully saturated rings. The van der Waals surface area contributed by atoms with E-state index in [2.05, 4.69) is 25.8 Å². The number of carbonyl (C=O) groups excluding carboxylic acids is 2. The Balaban J connectivity index is 1.64. The van der Waals surface area contributed by atoms with Crippen LogP contribution in [0.1, 0.15) is 63.4 Å². The van der Waals surface area contributed by atoms with E-state index in [1.54, 1.807) is 30.2 Å². The number of ether oxygens (including phenoxy) is 1. The van der Waals surface area contributed by atoms with Gasteiger partial charge in [-0.2, -0.15) is 0 Å². The molecule has 7 heteroatoms. The van der Waals surface area contributed by atoms with Gasteiger partial charge in [0.05, 0.1) is 7.11 Å². The van der Waals surface area contributed by atoms with Gasteiger partial charge in [0.1, 0.15) is 23.1 Å². The molecule has 7 nitrogen and oxygen atoms in total. The Labute approximate surface area is 205 Å². The topological polar surface area (TPSA) is 85.9 Å². The highest BCUT2D eigenvalue weighted by Gasteiger charge is 2.60. The molecule has 1 saturated heterocycles. The fourth-order valence-corrected chi connectivity index (χ4v) is 5.63. The highest BCUT2D eigenvalue weighted by Crippen LogP contribution is 2.49. The number of aromatic hydroxyl groups is 1. The van der Waals surface area contributed by atoms with Gasteiger partial charge in [-0.05, 0) is 66.6 Å². The molecule has 3 heterocycles. The van der Waals surface area contributed by atoms with E-state index in [-0.39, 0.29) is 23.1 Å². The zero-order valence-corrected chi connectivity index (χ0v) is 21.0. The molecule has 2 N–H and O–H groups in total. The Morgan fingerprint density at radius 1 is 1.17 bits per heavy atom. The number of fused-ring (bicyclic) bond motifs is 4. The van der Waals surface area contributed by atoms with E-state index in [1.807, 2.05) is 31.2 Å². The molecule has 5 rings (SSSR count). The number of urea groups is 1. The molecule has 2 aromatic carbocycles. The standard InChI is InChI=1S/C28H33N3O4/c1-27(2,3)12-7-13-30-25(33)28(4)16-21-20-15-19(35-5)10-11-22(20)29-23(21)24(31(28)26(30)34)17-8-6-9-18(32)14-17/h6,8-11,14-15,24,29,32H,7,12-13,16H2,1-5H3/t24-,28+/m1/s1. The number of phenols is 1. The van der Waals surface area contributed by atoms with Crippen molar-refractivity contribution in [2.45, 2.75) is 58.5 Å². The van der Waals surface area contributed by atoms with Crippen LogP contribution in [0.2, 0.25) is 0 Å². The third kappa shape index (κ3) is 3.74. The molecule has 0 spiro atoms. The summed E-state index contributed by atoms with van der Waals surface area (Å²) in [5.41, 5.74) is 2.65. The number of nitrogens with zero attached hydrogens (tertiary/aromatic N) is 2. The summed E-state index contributed by atoms with van der Waals surface area (Å²) in [6.07, 6.45) is 2.08. The van der Waals surface area contributed by atoms with E-state index in [4.69, 9.17) is 4.74 Å². The maximum absolute atomic E-state index is 13.8. The third-order valence-corrected chi connectivity index (χ3v) is 7.37. The zero-order valence-electron chi connectivity index (χ0n) is 21.0. The monoisotopic (exact) mass is 475 g/mol. The van der Waals surface area contributed by atoms with E-state index < -0.39 is 11.6 Å². The van der Waals surface area contributed by atoms with Crippen molar-refractivity contribution in [1.29, 1.82) is 0 Å². The average molecular weight is 476 g/mol. The molecular formula is C28H33N3O4. The van der Waals surface area contributed by atoms with Gasteiger partial charge in [0, 0.05) is 29.6 Å². The Kier molecular flexibility index (Phi) is 5.34. The van der Waals surface area contributed by atoms with Crippen molar-refractivity contribution in [2.24, 2.45) is 5.41 Å². The van der Waals surface area contributed by atoms with Crippen LogP contribution < -0.4 is 4.74 Å². The minimum absolute atomic E-state index is 0.120. The van der Waals surface area contributed by atoms with E-state index in [9.17, 15) is 14.7 Å². The highest BCUT2D eigenvalue weighted by atomic mass is 16.5. The van der Waals surface area contributed by atoms with Gasteiger partial charge in [-0.25, -0.2) is 4.79 Å². The third-order valence-electron chi connectivity index (χ3n) is 7.37. The molecule has 0 unspecified atom stereocenters. The predicted molar refractivity (Wildman–Crippen MR) is 135 cm³/mol. The molecule has 2 atom stereocenters. The first-order valence-corrected chi connectivity index (χ1v) is 12.2. The normalized spacial score (nSPS) is 22.0. The Morgan fingerprint density at radius 2 is 1.94 bits per heavy atom. The number of benzene rings is 2. The van der Waals surface area contributed by atoms with Gasteiger partial charge in [0.25, 0.3) is 5.91 Å². The summed E-state index contributed by atoms with van der Waals surface area (Å²) in [4.78, 5) is 34.3. The largest absolute Gasteiger partial charge is 0.508 e. The molecule has 184 valence electrons. The van der Waals surface area contributed by atoms with Crippen molar-refractivity contribution in [1.82, 2.24) is 14.8 Å². The van der Waals surface area contributed by atoms with Crippen LogP contribution in [0.3, 0.4) is 0 Å². The summed E-state index contributed by atoms with van der Waals surface area (Å²) in [5.74, 6) is 0.692. The lowest BCUT2D eigenvalue weighted by atomic mass is 9.81. The lowest BCUT2D eigenvalue weighted by Crippen LogP contribution is -2.53. The molecular weight excluding hydrogens is 442 g/mol. The number of hydrogen-bond donors (Lipinski definition) is 2. The summed E-state index contributed by atoms with van der Waals surface area (Å²) >= 11 is 0. The number of carbonyl (C=O) groups is 2. The number of H-pyrrole nitrogens is 1. The van der Waals surface area contributed by atoms with Crippen molar-refractivity contribution in [2.75, 3.05) is 13.7 Å². The van der Waals surface area contributed by atoms with Gasteiger partial charge in [-0.3, -0.25) is 14.6 Å². The molecule has 0 bridgehead atoms. The molecule has 1 aromatic heterocycles. The number of imide groups is 1. The summed E-state index contributed by atoms with van der Waals surface area (Å²) in [5, 5.41) is 11.2. The van der Waals surface area contributed by atoms with Gasteiger partial charge in [-0.15, -0.1) is 0 Å². The number of aromatic amines is 1. The van der Waals surface area contributed by atoms with E-state index >= 15 is 0 Å².